The van der Waals surface area contributed by atoms with Gasteiger partial charge in [0.25, 0.3) is 10.0 Å². The van der Waals surface area contributed by atoms with E-state index in [4.69, 9.17) is 9.47 Å². The van der Waals surface area contributed by atoms with E-state index in [2.05, 4.69) is 5.32 Å². The number of methoxy groups -OCH3 is 2. The van der Waals surface area contributed by atoms with Gasteiger partial charge in [0.2, 0.25) is 5.91 Å². The van der Waals surface area contributed by atoms with Crippen LogP contribution in [0.4, 0.5) is 11.4 Å². The molecule has 0 atom stereocenters. The highest BCUT2D eigenvalue weighted by Crippen LogP contribution is 2.32. The summed E-state index contributed by atoms with van der Waals surface area (Å²) in [5.74, 6) is -1.08. The molecule has 0 saturated heterocycles. The van der Waals surface area contributed by atoms with E-state index in [9.17, 15) is 18.0 Å². The molecule has 9 heteroatoms. The van der Waals surface area contributed by atoms with Crippen LogP contribution in [0.5, 0.6) is 5.75 Å². The zero-order valence-corrected chi connectivity index (χ0v) is 21.1. The molecule has 0 fully saturated rings. The number of carbonyl (C=O) groups excluding carboxylic acids is 2. The maximum Gasteiger partial charge on any atom is 0.339 e. The maximum atomic E-state index is 13.9. The van der Waals surface area contributed by atoms with Crippen LogP contribution in [0.3, 0.4) is 0 Å². The molecule has 1 N–H and O–H groups in total. The maximum absolute atomic E-state index is 13.9. The monoisotopic (exact) mass is 496 g/mol. The summed E-state index contributed by atoms with van der Waals surface area (Å²) >= 11 is 0. The second kappa shape index (κ2) is 10.6. The van der Waals surface area contributed by atoms with Crippen molar-refractivity contribution in [1.29, 1.82) is 0 Å². The summed E-state index contributed by atoms with van der Waals surface area (Å²) in [7, 11) is -1.58. The first-order valence-electron chi connectivity index (χ1n) is 10.8. The highest BCUT2D eigenvalue weighted by molar-refractivity contribution is 7.93. The number of benzene rings is 3. The van der Waals surface area contributed by atoms with Crippen molar-refractivity contribution in [2.24, 2.45) is 0 Å². The van der Waals surface area contributed by atoms with Crippen LogP contribution < -0.4 is 14.4 Å². The van der Waals surface area contributed by atoms with E-state index in [0.29, 0.717) is 5.69 Å². The van der Waals surface area contributed by atoms with Gasteiger partial charge in [-0.2, -0.15) is 0 Å². The van der Waals surface area contributed by atoms with Crippen LogP contribution in [0.2, 0.25) is 0 Å². The molecule has 35 heavy (non-hydrogen) atoms. The molecular formula is C26H28N2O6S. The quantitative estimate of drug-likeness (QED) is 0.468. The highest BCUT2D eigenvalue weighted by Gasteiger charge is 2.31. The number of aryl methyl sites for hydroxylation is 3. The van der Waals surface area contributed by atoms with Crippen LogP contribution in [0.25, 0.3) is 0 Å². The molecular weight excluding hydrogens is 468 g/mol. The minimum atomic E-state index is -4.22. The van der Waals surface area contributed by atoms with Gasteiger partial charge in [0.15, 0.2) is 0 Å². The average molecular weight is 497 g/mol. The number of anilines is 2. The van der Waals surface area contributed by atoms with Crippen LogP contribution in [-0.2, 0) is 19.6 Å². The van der Waals surface area contributed by atoms with Crippen molar-refractivity contribution < 1.29 is 27.5 Å². The molecule has 0 aliphatic carbocycles. The normalized spacial score (nSPS) is 11.0. The molecule has 8 nitrogen and oxygen atoms in total. The first-order valence-corrected chi connectivity index (χ1v) is 12.2. The number of rotatable bonds is 8. The van der Waals surface area contributed by atoms with Crippen molar-refractivity contribution in [3.8, 4) is 5.75 Å². The Bertz CT molecular complexity index is 1350. The number of ether oxygens (including phenoxy) is 2. The lowest BCUT2D eigenvalue weighted by Crippen LogP contribution is -2.38. The van der Waals surface area contributed by atoms with Crippen LogP contribution in [0.1, 0.15) is 27.0 Å². The summed E-state index contributed by atoms with van der Waals surface area (Å²) in [6, 6.07) is 16.5. The molecule has 3 rings (SSSR count). The summed E-state index contributed by atoms with van der Waals surface area (Å²) in [5.41, 5.74) is 3.11. The van der Waals surface area contributed by atoms with Gasteiger partial charge in [0, 0.05) is 0 Å². The van der Waals surface area contributed by atoms with E-state index in [1.165, 1.54) is 26.4 Å². The predicted octanol–water partition coefficient (Wildman–Crippen LogP) is 4.24. The molecule has 0 aromatic heterocycles. The van der Waals surface area contributed by atoms with Gasteiger partial charge in [-0.05, 0) is 73.9 Å². The predicted molar refractivity (Wildman–Crippen MR) is 135 cm³/mol. The summed E-state index contributed by atoms with van der Waals surface area (Å²) in [6.45, 7) is 4.94. The van der Waals surface area contributed by atoms with Crippen molar-refractivity contribution in [2.45, 2.75) is 25.7 Å². The molecule has 0 saturated carbocycles. The molecule has 0 radical (unpaired) electrons. The average Bonchev–Trinajstić information content (AvgIpc) is 2.81. The minimum Gasteiger partial charge on any atom is -0.495 e. The Morgan fingerprint density at radius 1 is 0.886 bits per heavy atom. The van der Waals surface area contributed by atoms with Gasteiger partial charge < -0.3 is 14.8 Å². The molecule has 0 spiro atoms. The lowest BCUT2D eigenvalue weighted by molar-refractivity contribution is -0.114. The fourth-order valence-corrected chi connectivity index (χ4v) is 5.36. The third-order valence-electron chi connectivity index (χ3n) is 5.28. The van der Waals surface area contributed by atoms with Crippen LogP contribution in [0, 0.1) is 20.8 Å². The van der Waals surface area contributed by atoms with Crippen molar-refractivity contribution in [3.05, 3.63) is 82.9 Å². The van der Waals surface area contributed by atoms with E-state index in [0.717, 1.165) is 21.0 Å². The Kier molecular flexibility index (Phi) is 7.81. The molecule has 1 amide bonds. The topological polar surface area (TPSA) is 102 Å². The Morgan fingerprint density at radius 2 is 1.54 bits per heavy atom. The van der Waals surface area contributed by atoms with Gasteiger partial charge in [-0.1, -0.05) is 24.3 Å². The number of amides is 1. The summed E-state index contributed by atoms with van der Waals surface area (Å²) in [4.78, 5) is 25.2. The number of nitrogens with zero attached hydrogens (tertiary/aromatic N) is 1. The molecule has 3 aromatic rings. The van der Waals surface area contributed by atoms with Crippen molar-refractivity contribution >= 4 is 33.3 Å². The van der Waals surface area contributed by atoms with Crippen LogP contribution in [0.15, 0.2) is 65.6 Å². The molecule has 0 bridgehead atoms. The lowest BCUT2D eigenvalue weighted by atomic mass is 10.1. The summed E-state index contributed by atoms with van der Waals surface area (Å²) in [5, 5.41) is 2.64. The molecule has 0 unspecified atom stereocenters. The van der Waals surface area contributed by atoms with Gasteiger partial charge in [0.05, 0.1) is 31.2 Å². The van der Waals surface area contributed by atoms with E-state index in [-0.39, 0.29) is 21.9 Å². The minimum absolute atomic E-state index is 0.0538. The highest BCUT2D eigenvalue weighted by atomic mass is 32.2. The Balaban J connectivity index is 2.07. The SMILES string of the molecule is COC(=O)c1ccccc1NC(=O)CN(c1cc(C)cc(C)c1)S(=O)(=O)c1cc(C)ccc1OC. The van der Waals surface area contributed by atoms with Gasteiger partial charge in [-0.3, -0.25) is 9.10 Å². The smallest absolute Gasteiger partial charge is 0.339 e. The summed E-state index contributed by atoms with van der Waals surface area (Å²) < 4.78 is 38.9. The molecule has 3 aromatic carbocycles. The second-order valence-corrected chi connectivity index (χ2v) is 9.93. The Morgan fingerprint density at radius 3 is 2.17 bits per heavy atom. The first-order chi connectivity index (χ1) is 16.6. The van der Waals surface area contributed by atoms with Gasteiger partial charge >= 0.3 is 5.97 Å². The number of hydrogen-bond donors (Lipinski definition) is 1. The van der Waals surface area contributed by atoms with Crippen LogP contribution >= 0.6 is 0 Å². The van der Waals surface area contributed by atoms with Crippen LogP contribution in [-0.4, -0.2) is 41.1 Å². The largest absolute Gasteiger partial charge is 0.495 e. The van der Waals surface area contributed by atoms with E-state index in [1.54, 1.807) is 49.4 Å². The van der Waals surface area contributed by atoms with Gasteiger partial charge in [-0.25, -0.2) is 13.2 Å². The number of esters is 1. The zero-order valence-electron chi connectivity index (χ0n) is 20.3. The van der Waals surface area contributed by atoms with Crippen molar-refractivity contribution in [2.75, 3.05) is 30.4 Å². The zero-order chi connectivity index (χ0) is 25.8. The molecule has 0 heterocycles. The number of hydrogen-bond acceptors (Lipinski definition) is 6. The Labute approximate surface area is 205 Å². The number of para-hydroxylation sites is 1. The fraction of sp³-hybridized carbons (Fsp3) is 0.231. The molecule has 184 valence electrons. The first kappa shape index (κ1) is 25.8. The number of nitrogens with one attached hydrogen (secondary N) is 1. The van der Waals surface area contributed by atoms with Crippen molar-refractivity contribution in [1.82, 2.24) is 0 Å². The fourth-order valence-electron chi connectivity index (χ4n) is 3.71. The molecule has 0 aliphatic heterocycles. The second-order valence-electron chi connectivity index (χ2n) is 8.10. The van der Waals surface area contributed by atoms with Crippen molar-refractivity contribution in [3.63, 3.8) is 0 Å². The van der Waals surface area contributed by atoms with E-state index in [1.807, 2.05) is 19.9 Å². The number of sulfonamides is 1. The van der Waals surface area contributed by atoms with Gasteiger partial charge in [0.1, 0.15) is 17.2 Å². The number of carbonyl (C=O) groups is 2. The third kappa shape index (κ3) is 5.81. The third-order valence-corrected chi connectivity index (χ3v) is 7.07. The Hall–Kier alpha value is -3.85. The summed E-state index contributed by atoms with van der Waals surface area (Å²) in [6.07, 6.45) is 0. The standard InChI is InChI=1S/C26H28N2O6S/c1-17-10-11-23(33-4)24(15-17)35(31,32)28(20-13-18(2)12-19(3)14-20)16-25(29)27-22-9-7-6-8-21(22)26(30)34-5/h6-15H,16H2,1-5H3,(H,27,29). The van der Waals surface area contributed by atoms with E-state index >= 15 is 0 Å². The molecule has 0 aliphatic rings. The van der Waals surface area contributed by atoms with Gasteiger partial charge in [-0.15, -0.1) is 0 Å². The lowest BCUT2D eigenvalue weighted by Gasteiger charge is -2.26. The van der Waals surface area contributed by atoms with E-state index < -0.39 is 28.4 Å².